The summed E-state index contributed by atoms with van der Waals surface area (Å²) in [5.41, 5.74) is 11.8. The fraction of sp³-hybridized carbons (Fsp3) is 0. The van der Waals surface area contributed by atoms with Crippen molar-refractivity contribution in [1.82, 2.24) is 0 Å². The maximum absolute atomic E-state index is 7.21. The van der Waals surface area contributed by atoms with Crippen molar-refractivity contribution >= 4 is 92.1 Å². The topological polar surface area (TPSA) is 16.4 Å². The molecule has 59 heavy (non-hydrogen) atoms. The molecule has 0 N–H and O–H groups in total. The van der Waals surface area contributed by atoms with Gasteiger partial charge in [-0.3, -0.25) is 0 Å². The van der Waals surface area contributed by atoms with E-state index in [1.54, 1.807) is 0 Å². The molecule has 0 amide bonds. The van der Waals surface area contributed by atoms with Crippen LogP contribution in [0.25, 0.3) is 97.0 Å². The van der Waals surface area contributed by atoms with E-state index in [-0.39, 0.29) is 0 Å². The molecule has 2 aromatic heterocycles. The highest BCUT2D eigenvalue weighted by Gasteiger charge is 2.24. The molecule has 276 valence electrons. The predicted molar refractivity (Wildman–Crippen MR) is 253 cm³/mol. The van der Waals surface area contributed by atoms with Crippen molar-refractivity contribution in [2.45, 2.75) is 0 Å². The van der Waals surface area contributed by atoms with Crippen LogP contribution in [0, 0.1) is 0 Å². The van der Waals surface area contributed by atoms with E-state index in [2.05, 4.69) is 217 Å². The molecule has 0 saturated heterocycles. The highest BCUT2D eigenvalue weighted by atomic mass is 32.1. The van der Waals surface area contributed by atoms with E-state index >= 15 is 0 Å². The molecule has 0 bridgehead atoms. The molecule has 2 heterocycles. The van der Waals surface area contributed by atoms with Crippen molar-refractivity contribution in [1.29, 1.82) is 0 Å². The molecule has 0 spiro atoms. The number of para-hydroxylation sites is 1. The van der Waals surface area contributed by atoms with Crippen LogP contribution in [-0.4, -0.2) is 0 Å². The quantitative estimate of drug-likeness (QED) is 0.167. The first-order valence-electron chi connectivity index (χ1n) is 20.1. The van der Waals surface area contributed by atoms with E-state index in [1.165, 1.54) is 58.4 Å². The molecular weight excluding hydrogens is 735 g/mol. The average Bonchev–Trinajstić information content (AvgIpc) is 3.89. The summed E-state index contributed by atoms with van der Waals surface area (Å²) in [5, 5.41) is 9.73. The first-order valence-corrected chi connectivity index (χ1v) is 20.9. The molecule has 0 saturated carbocycles. The van der Waals surface area contributed by atoms with Crippen molar-refractivity contribution in [2.75, 3.05) is 4.90 Å². The minimum absolute atomic E-state index is 0.854. The van der Waals surface area contributed by atoms with Crippen LogP contribution in [0.4, 0.5) is 17.1 Å². The SMILES string of the molecule is c1ccc(-c2cc(-c3ccccc3)c3oc4c(N(c5ccc(-c6ccc7ccccc7c6)cc5)c5cccc6c5sc5c7ccccc7ccc65)cccc4c3c2)cc1. The van der Waals surface area contributed by atoms with Crippen LogP contribution in [0.2, 0.25) is 0 Å². The van der Waals surface area contributed by atoms with Gasteiger partial charge in [-0.15, -0.1) is 11.3 Å². The van der Waals surface area contributed by atoms with E-state index in [0.29, 0.717) is 0 Å². The number of thiophene rings is 1. The lowest BCUT2D eigenvalue weighted by Crippen LogP contribution is -2.10. The molecule has 0 aliphatic rings. The molecule has 12 aromatic rings. The predicted octanol–water partition coefficient (Wildman–Crippen LogP) is 16.7. The van der Waals surface area contributed by atoms with Crippen molar-refractivity contribution in [3.8, 4) is 33.4 Å². The number of anilines is 3. The number of nitrogens with zero attached hydrogens (tertiary/aromatic N) is 1. The van der Waals surface area contributed by atoms with Crippen molar-refractivity contribution in [3.63, 3.8) is 0 Å². The van der Waals surface area contributed by atoms with Crippen molar-refractivity contribution in [2.24, 2.45) is 0 Å². The summed E-state index contributed by atoms with van der Waals surface area (Å²) >= 11 is 1.87. The molecule has 0 radical (unpaired) electrons. The first-order chi connectivity index (χ1) is 29.2. The van der Waals surface area contributed by atoms with E-state index in [9.17, 15) is 0 Å². The smallest absolute Gasteiger partial charge is 0.159 e. The summed E-state index contributed by atoms with van der Waals surface area (Å²) in [4.78, 5) is 2.41. The largest absolute Gasteiger partial charge is 0.453 e. The normalized spacial score (nSPS) is 11.7. The zero-order chi connectivity index (χ0) is 38.9. The second-order valence-electron chi connectivity index (χ2n) is 15.3. The third-order valence-electron chi connectivity index (χ3n) is 11.8. The minimum Gasteiger partial charge on any atom is -0.453 e. The van der Waals surface area contributed by atoms with Gasteiger partial charge in [0.25, 0.3) is 0 Å². The Kier molecular flexibility index (Phi) is 7.75. The molecule has 0 atom stereocenters. The Morgan fingerprint density at radius 3 is 1.75 bits per heavy atom. The van der Waals surface area contributed by atoms with Gasteiger partial charge < -0.3 is 9.32 Å². The van der Waals surface area contributed by atoms with Crippen molar-refractivity contribution < 1.29 is 4.42 Å². The third kappa shape index (κ3) is 5.55. The highest BCUT2D eigenvalue weighted by molar-refractivity contribution is 7.27. The van der Waals surface area contributed by atoms with Crippen LogP contribution in [0.5, 0.6) is 0 Å². The Balaban J connectivity index is 1.11. The molecular formula is C56H35NOS. The summed E-state index contributed by atoms with van der Waals surface area (Å²) in [7, 11) is 0. The summed E-state index contributed by atoms with van der Waals surface area (Å²) in [6.07, 6.45) is 0. The third-order valence-corrected chi connectivity index (χ3v) is 13.1. The Labute approximate surface area is 345 Å². The molecule has 0 fully saturated rings. The van der Waals surface area contributed by atoms with E-state index in [0.717, 1.165) is 55.7 Å². The van der Waals surface area contributed by atoms with Gasteiger partial charge in [-0.25, -0.2) is 0 Å². The van der Waals surface area contributed by atoms with Gasteiger partial charge in [-0.1, -0.05) is 170 Å². The molecule has 2 nitrogen and oxygen atoms in total. The number of furan rings is 1. The average molecular weight is 770 g/mol. The van der Waals surface area contributed by atoms with Gasteiger partial charge >= 0.3 is 0 Å². The zero-order valence-corrected chi connectivity index (χ0v) is 32.8. The Morgan fingerprint density at radius 2 is 0.932 bits per heavy atom. The number of hydrogen-bond acceptors (Lipinski definition) is 3. The summed E-state index contributed by atoms with van der Waals surface area (Å²) in [6, 6.07) is 76.7. The van der Waals surface area contributed by atoms with Gasteiger partial charge in [0.2, 0.25) is 0 Å². The van der Waals surface area contributed by atoms with E-state index < -0.39 is 0 Å². The molecule has 0 aliphatic heterocycles. The second kappa shape index (κ2) is 13.6. The standard InChI is InChI=1S/C56H35NOS/c1-3-13-36(14-4-1)43-34-49(39-16-5-2-6-17-39)53-50(35-43)46-21-11-23-51(54(46)58-53)57(44-30-27-38(28-31-44)42-26-25-37-15-7-8-19-41(37)33-42)52-24-12-22-47-48-32-29-40-18-9-10-20-45(40)55(48)59-56(47)52/h1-35H. The lowest BCUT2D eigenvalue weighted by atomic mass is 9.96. The van der Waals surface area contributed by atoms with Gasteiger partial charge in [-0.2, -0.15) is 0 Å². The van der Waals surface area contributed by atoms with Crippen LogP contribution in [0.1, 0.15) is 0 Å². The minimum atomic E-state index is 0.854. The summed E-state index contributed by atoms with van der Waals surface area (Å²) in [5.74, 6) is 0. The monoisotopic (exact) mass is 769 g/mol. The fourth-order valence-electron chi connectivity index (χ4n) is 8.96. The lowest BCUT2D eigenvalue weighted by Gasteiger charge is -2.26. The molecule has 0 unspecified atom stereocenters. The zero-order valence-electron chi connectivity index (χ0n) is 32.0. The van der Waals surface area contributed by atoms with Crippen LogP contribution < -0.4 is 4.90 Å². The van der Waals surface area contributed by atoms with Gasteiger partial charge in [0.15, 0.2) is 5.58 Å². The van der Waals surface area contributed by atoms with Crippen LogP contribution in [0.15, 0.2) is 217 Å². The summed E-state index contributed by atoms with van der Waals surface area (Å²) < 4.78 is 9.75. The number of rotatable bonds is 6. The molecule has 10 aromatic carbocycles. The molecule has 0 aliphatic carbocycles. The molecule has 3 heteroatoms. The van der Waals surface area contributed by atoms with E-state index in [4.69, 9.17) is 4.42 Å². The van der Waals surface area contributed by atoms with Crippen molar-refractivity contribution in [3.05, 3.63) is 212 Å². The van der Waals surface area contributed by atoms with Gasteiger partial charge in [-0.05, 0) is 91.8 Å². The Morgan fingerprint density at radius 1 is 0.322 bits per heavy atom. The second-order valence-corrected chi connectivity index (χ2v) is 16.3. The Bertz CT molecular complexity index is 3550. The molecule has 12 rings (SSSR count). The number of hydrogen-bond donors (Lipinski definition) is 0. The summed E-state index contributed by atoms with van der Waals surface area (Å²) in [6.45, 7) is 0. The first kappa shape index (κ1) is 33.7. The van der Waals surface area contributed by atoms with Gasteiger partial charge in [0, 0.05) is 37.5 Å². The van der Waals surface area contributed by atoms with E-state index in [1.807, 2.05) is 11.3 Å². The number of benzene rings is 10. The maximum Gasteiger partial charge on any atom is 0.159 e. The number of fused-ring (bicyclic) bond motifs is 9. The van der Waals surface area contributed by atoms with Gasteiger partial charge in [0.05, 0.1) is 16.1 Å². The van der Waals surface area contributed by atoms with Crippen LogP contribution in [0.3, 0.4) is 0 Å². The van der Waals surface area contributed by atoms with Gasteiger partial charge in [0.1, 0.15) is 5.58 Å². The fourth-order valence-corrected chi connectivity index (χ4v) is 10.3. The highest BCUT2D eigenvalue weighted by Crippen LogP contribution is 2.50. The van der Waals surface area contributed by atoms with Crippen LogP contribution in [-0.2, 0) is 0 Å². The Hall–Kier alpha value is -7.46. The lowest BCUT2D eigenvalue weighted by molar-refractivity contribution is 0.670. The van der Waals surface area contributed by atoms with Crippen LogP contribution >= 0.6 is 11.3 Å². The maximum atomic E-state index is 7.21.